The number of hydrogen-bond acceptors (Lipinski definition) is 17. The second-order valence-electron chi connectivity index (χ2n) is 0.0745. The molecular weight excluding hydrogens is 348 g/mol. The Balaban J connectivity index is -0.00000000333. The van der Waals surface area contributed by atoms with Gasteiger partial charge in [0.2, 0.25) is 0 Å². The number of rotatable bonds is 1. The molecule has 0 aliphatic carbocycles. The van der Waals surface area contributed by atoms with Gasteiger partial charge in [-0.15, -0.1) is 0 Å². The van der Waals surface area contributed by atoms with Gasteiger partial charge in [-0.25, -0.2) is 5.26 Å². The van der Waals surface area contributed by atoms with Crippen LogP contribution < -0.4 is 12.3 Å². The topological polar surface area (TPSA) is 456 Å². The van der Waals surface area contributed by atoms with E-state index in [-0.39, 0.29) is 35.6 Å². The first-order valence-electron chi connectivity index (χ1n) is 1.89. The van der Waals surface area contributed by atoms with Crippen LogP contribution in [0.2, 0.25) is 0 Å². The fraction of sp³-hybridized carbons (Fsp3) is 0. The largest absolute Gasteiger partial charge is 1.00 e. The maximum atomic E-state index is 7.00. The zero-order chi connectivity index (χ0) is 15.4. The van der Waals surface area contributed by atoms with Crippen LogP contribution in [0.25, 0.3) is 1.43 Å². The number of hydrogen-bond donors (Lipinski definition) is 12. The quantitative estimate of drug-likeness (QED) is 0.0986. The van der Waals surface area contributed by atoms with Crippen molar-refractivity contribution in [1.82, 2.24) is 12.3 Å². The van der Waals surface area contributed by atoms with Crippen LogP contribution in [0.3, 0.4) is 0 Å². The minimum absolute atomic E-state index is 0. The van der Waals surface area contributed by atoms with Gasteiger partial charge < -0.3 is 34.2 Å². The SMILES string of the molecule is N.N.O.O.O.O.O=O.O=O.OO.OO.OO.OO.[3H]OOS.[H+]. The summed E-state index contributed by atoms with van der Waals surface area (Å²) in [6, 6.07) is 0. The molecule has 0 rings (SSSR count). The third kappa shape index (κ3) is 4550. The predicted octanol–water partition coefficient (Wildman–Crippen LogP) is -2.34. The van der Waals surface area contributed by atoms with Gasteiger partial charge in [0.25, 0.3) is 1.43 Å². The van der Waals surface area contributed by atoms with Crippen molar-refractivity contribution < 1.29 is 75.0 Å². The Morgan fingerprint density at radius 2 is 0.714 bits per heavy atom. The van der Waals surface area contributed by atoms with Crippen molar-refractivity contribution in [3.63, 3.8) is 0 Å². The van der Waals surface area contributed by atoms with Crippen molar-refractivity contribution in [1.29, 1.82) is 1.43 Å². The van der Waals surface area contributed by atoms with Crippen LogP contribution in [0.15, 0.2) is 0 Å². The lowest BCUT2D eigenvalue weighted by molar-refractivity contribution is -0.176. The molecule has 0 heterocycles. The minimum atomic E-state index is 0. The molecule has 23 N–H and O–H groups in total. The van der Waals surface area contributed by atoms with Gasteiger partial charge in [-0.3, -0.25) is 42.1 Å². The van der Waals surface area contributed by atoms with Crippen LogP contribution in [0.1, 0.15) is 1.43 Å². The van der Waals surface area contributed by atoms with Crippen LogP contribution in [-0.2, 0) is 4.33 Å². The van der Waals surface area contributed by atoms with E-state index in [0.717, 1.165) is 0 Å². The van der Waals surface area contributed by atoms with E-state index in [1.807, 2.05) is 0 Å². The highest BCUT2D eigenvalue weighted by molar-refractivity contribution is 7.74. The maximum absolute atomic E-state index is 7.00. The Morgan fingerprint density at radius 3 is 0.714 bits per heavy atom. The summed E-state index contributed by atoms with van der Waals surface area (Å²) in [4.78, 5) is 28.0. The molecule has 0 aromatic rings. The maximum Gasteiger partial charge on any atom is 1.00 e. The smallest absolute Gasteiger partial charge is 0.412 e. The normalized spacial score (nSPS) is 3.00. The molecule has 0 saturated carbocycles. The van der Waals surface area contributed by atoms with E-state index in [1.54, 1.807) is 0 Å². The van der Waals surface area contributed by atoms with E-state index >= 15 is 0 Å². The van der Waals surface area contributed by atoms with Gasteiger partial charge in [0, 0.05) is 32.8 Å². The first-order valence-corrected chi connectivity index (χ1v) is 1.85. The summed E-state index contributed by atoms with van der Waals surface area (Å²) in [5.74, 6) is 0. The molecule has 0 saturated heterocycles. The van der Waals surface area contributed by atoms with E-state index in [4.69, 9.17) is 63.3 Å². The Bertz CT molecular complexity index is 37.0. The molecule has 0 aliphatic rings. The zero-order valence-corrected chi connectivity index (χ0v) is 10.8. The van der Waals surface area contributed by atoms with Crippen LogP contribution in [0, 0.1) is 19.9 Å². The Labute approximate surface area is 123 Å². The van der Waals surface area contributed by atoms with Gasteiger partial charge >= 0.3 is 1.43 Å². The third-order valence-electron chi connectivity index (χ3n) is 0. The monoisotopic (exact) mass is 375 g/mol. The summed E-state index contributed by atoms with van der Waals surface area (Å²) in [7, 11) is 0. The Morgan fingerprint density at radius 1 is 0.667 bits per heavy atom. The molecule has 20 nitrogen and oxygen atoms in total. The van der Waals surface area contributed by atoms with Crippen molar-refractivity contribution in [2.75, 3.05) is 0 Å². The van der Waals surface area contributed by atoms with Crippen molar-refractivity contribution in [2.24, 2.45) is 0 Å². The average Bonchev–Trinajstić information content (AvgIpc) is 2.51. The molecule has 0 radical (unpaired) electrons. The van der Waals surface area contributed by atoms with Crippen LogP contribution in [0.5, 0.6) is 0 Å². The summed E-state index contributed by atoms with van der Waals surface area (Å²) in [5, 5.41) is 51.2. The number of thiol groups is 1. The average molecular weight is 375 g/mol. The molecular formula is H25N2O18S+. The second-order valence-corrected chi connectivity index (χ2v) is 0.224. The van der Waals surface area contributed by atoms with Crippen LogP contribution in [-0.4, -0.2) is 69.2 Å². The summed E-state index contributed by atoms with van der Waals surface area (Å²) < 4.78 is 9.06. The molecule has 0 spiro atoms. The van der Waals surface area contributed by atoms with Crippen molar-refractivity contribution >= 4 is 12.9 Å². The van der Waals surface area contributed by atoms with Crippen molar-refractivity contribution in [2.45, 2.75) is 0 Å². The van der Waals surface area contributed by atoms with Crippen molar-refractivity contribution in [3.8, 4) is 0 Å². The second kappa shape index (κ2) is 749000. The fourth-order valence-electron chi connectivity index (χ4n) is 0. The lowest BCUT2D eigenvalue weighted by Gasteiger charge is -1.56. The standard InChI is InChI=1S/2H3N.H2O2S.4H2O2.2O2.4H2O/c;;1-2-3;6*1-2;;;;/h2*1H3;1,3H;4*1-2H;;;4*1H2/p+1/i/hT. The first-order chi connectivity index (χ1) is 7.91. The van der Waals surface area contributed by atoms with E-state index in [2.05, 4.69) is 22.5 Å². The highest BCUT2D eigenvalue weighted by Gasteiger charge is 1.28. The van der Waals surface area contributed by atoms with E-state index in [1.165, 1.54) is 0 Å². The minimum Gasteiger partial charge on any atom is -0.412 e. The van der Waals surface area contributed by atoms with Crippen LogP contribution in [0.4, 0.5) is 0 Å². The zero-order valence-electron chi connectivity index (χ0n) is 11.9. The van der Waals surface area contributed by atoms with Crippen molar-refractivity contribution in [3.05, 3.63) is 19.9 Å². The molecule has 0 aromatic carbocycles. The molecule has 21 heteroatoms. The predicted molar refractivity (Wildman–Crippen MR) is 72.8 cm³/mol. The molecule has 0 aliphatic heterocycles. The molecule has 148 valence electrons. The first kappa shape index (κ1) is 114. The molecule has 0 fully saturated rings. The summed E-state index contributed by atoms with van der Waals surface area (Å²) in [6.07, 6.45) is 0. The highest BCUT2D eigenvalue weighted by Crippen LogP contribution is 1.56. The van der Waals surface area contributed by atoms with Gasteiger partial charge in [0.15, 0.2) is 0 Å². The summed E-state index contributed by atoms with van der Waals surface area (Å²) in [5.41, 5.74) is 0. The lowest BCUT2D eigenvalue weighted by Crippen LogP contribution is -1.43. The molecule has 0 aromatic heterocycles. The van der Waals surface area contributed by atoms with E-state index in [9.17, 15) is 0 Å². The van der Waals surface area contributed by atoms with Crippen LogP contribution >= 0.6 is 12.9 Å². The Hall–Kier alpha value is -1.09. The van der Waals surface area contributed by atoms with E-state index in [0.29, 0.717) is 0 Å². The highest BCUT2D eigenvalue weighted by atomic mass is 32.1. The summed E-state index contributed by atoms with van der Waals surface area (Å²) in [6.45, 7) is 0. The molecule has 21 heavy (non-hydrogen) atoms. The Kier molecular flexibility index (Phi) is 4060000. The molecule has 0 bridgehead atoms. The fourth-order valence-corrected chi connectivity index (χ4v) is 0. The van der Waals surface area contributed by atoms with Gasteiger partial charge in [0.1, 0.15) is 0 Å². The van der Waals surface area contributed by atoms with Gasteiger partial charge in [-0.1, -0.05) is 0 Å². The molecule has 0 atom stereocenters. The lowest BCUT2D eigenvalue weighted by atomic mass is 14.0. The summed E-state index contributed by atoms with van der Waals surface area (Å²) >= 11 is 3.01. The van der Waals surface area contributed by atoms with E-state index < -0.39 is 0 Å². The molecule has 0 amide bonds. The van der Waals surface area contributed by atoms with Gasteiger partial charge in [0.05, 0.1) is 0 Å². The third-order valence-corrected chi connectivity index (χ3v) is 0. The van der Waals surface area contributed by atoms with Gasteiger partial charge in [-0.2, -0.15) is 4.33 Å². The van der Waals surface area contributed by atoms with Gasteiger partial charge in [-0.05, 0) is 0 Å². The molecule has 0 unspecified atom stereocenters.